The van der Waals surface area contributed by atoms with Gasteiger partial charge in [0.25, 0.3) is 0 Å². The Kier molecular flexibility index (Phi) is 4.29. The van der Waals surface area contributed by atoms with Crippen LogP contribution in [0.25, 0.3) is 0 Å². The first kappa shape index (κ1) is 13.4. The number of amides is 1. The van der Waals surface area contributed by atoms with Crippen LogP contribution in [0.5, 0.6) is 0 Å². The third-order valence-corrected chi connectivity index (χ3v) is 3.93. The highest BCUT2D eigenvalue weighted by molar-refractivity contribution is 5.74. The molecule has 3 nitrogen and oxygen atoms in total. The Hall–Kier alpha value is -1.01. The van der Waals surface area contributed by atoms with Gasteiger partial charge in [-0.1, -0.05) is 19.8 Å². The van der Waals surface area contributed by atoms with Gasteiger partial charge in [0, 0.05) is 37.9 Å². The third kappa shape index (κ3) is 3.26. The van der Waals surface area contributed by atoms with Gasteiger partial charge in [-0.15, -0.1) is 5.92 Å². The van der Waals surface area contributed by atoms with Crippen molar-refractivity contribution in [2.24, 2.45) is 11.8 Å². The van der Waals surface area contributed by atoms with Crippen molar-refractivity contribution >= 4 is 5.91 Å². The molecule has 0 saturated carbocycles. The van der Waals surface area contributed by atoms with Crippen LogP contribution in [0.1, 0.15) is 33.6 Å². The number of hydrogen-bond donors (Lipinski definition) is 0. The summed E-state index contributed by atoms with van der Waals surface area (Å²) in [7, 11) is 0. The number of rotatable bonds is 1. The molecule has 0 aliphatic carbocycles. The SMILES string of the molecule is CC(=O)N1CC(N2CCC(C#CC(C)C)CC2)C1. The second-order valence-corrected chi connectivity index (χ2v) is 5.83. The Balaban J connectivity index is 1.72. The second-order valence-electron chi connectivity index (χ2n) is 5.83. The maximum Gasteiger partial charge on any atom is 0.219 e. The molecule has 2 aliphatic rings. The molecule has 0 radical (unpaired) electrons. The van der Waals surface area contributed by atoms with Crippen LogP contribution in [0.15, 0.2) is 0 Å². The van der Waals surface area contributed by atoms with Crippen molar-refractivity contribution in [2.45, 2.75) is 39.7 Å². The standard InChI is InChI=1S/C15H24N2O/c1-12(2)4-5-14-6-8-16(9-7-14)15-10-17(11-15)13(3)18/h12,14-15H,6-11H2,1-3H3. The van der Waals surface area contributed by atoms with Crippen LogP contribution in [-0.4, -0.2) is 47.9 Å². The van der Waals surface area contributed by atoms with Crippen LogP contribution in [0, 0.1) is 23.7 Å². The van der Waals surface area contributed by atoms with E-state index in [0.29, 0.717) is 17.9 Å². The van der Waals surface area contributed by atoms with E-state index in [1.165, 1.54) is 12.8 Å². The molecule has 2 fully saturated rings. The molecular formula is C15H24N2O. The Morgan fingerprint density at radius 1 is 1.22 bits per heavy atom. The van der Waals surface area contributed by atoms with Crippen LogP contribution in [-0.2, 0) is 4.79 Å². The van der Waals surface area contributed by atoms with Gasteiger partial charge in [-0.05, 0) is 25.9 Å². The number of nitrogens with zero attached hydrogens (tertiary/aromatic N) is 2. The number of piperidine rings is 1. The molecule has 2 rings (SSSR count). The highest BCUT2D eigenvalue weighted by Gasteiger charge is 2.34. The minimum absolute atomic E-state index is 0.212. The summed E-state index contributed by atoms with van der Waals surface area (Å²) in [6, 6.07) is 0.605. The monoisotopic (exact) mass is 248 g/mol. The van der Waals surface area contributed by atoms with Crippen LogP contribution < -0.4 is 0 Å². The highest BCUT2D eigenvalue weighted by Crippen LogP contribution is 2.22. The fraction of sp³-hybridized carbons (Fsp3) is 0.800. The zero-order valence-electron chi connectivity index (χ0n) is 11.8. The largest absolute Gasteiger partial charge is 0.340 e. The summed E-state index contributed by atoms with van der Waals surface area (Å²) >= 11 is 0. The van der Waals surface area contributed by atoms with E-state index in [4.69, 9.17) is 0 Å². The molecule has 0 aromatic carbocycles. The molecule has 0 bridgehead atoms. The molecule has 18 heavy (non-hydrogen) atoms. The Labute approximate surface area is 111 Å². The average Bonchev–Trinajstić information content (AvgIpc) is 2.25. The van der Waals surface area contributed by atoms with Gasteiger partial charge in [-0.2, -0.15) is 0 Å². The summed E-state index contributed by atoms with van der Waals surface area (Å²) in [5.74, 6) is 7.98. The molecule has 0 spiro atoms. The summed E-state index contributed by atoms with van der Waals surface area (Å²) in [6.45, 7) is 10.1. The van der Waals surface area contributed by atoms with Crippen LogP contribution >= 0.6 is 0 Å². The molecule has 0 aromatic heterocycles. The van der Waals surface area contributed by atoms with E-state index in [0.717, 1.165) is 26.2 Å². The van der Waals surface area contributed by atoms with Gasteiger partial charge in [0.05, 0.1) is 0 Å². The Bertz CT molecular complexity index is 352. The number of carbonyl (C=O) groups is 1. The number of carbonyl (C=O) groups excluding carboxylic acids is 1. The molecule has 100 valence electrons. The van der Waals surface area contributed by atoms with Crippen molar-refractivity contribution in [1.82, 2.24) is 9.80 Å². The van der Waals surface area contributed by atoms with Crippen molar-refractivity contribution in [3.05, 3.63) is 0 Å². The van der Waals surface area contributed by atoms with Crippen molar-refractivity contribution < 1.29 is 4.79 Å². The topological polar surface area (TPSA) is 23.6 Å². The molecule has 0 N–H and O–H groups in total. The quantitative estimate of drug-likeness (QED) is 0.658. The molecule has 3 heteroatoms. The minimum atomic E-state index is 0.212. The van der Waals surface area contributed by atoms with Crippen molar-refractivity contribution in [1.29, 1.82) is 0 Å². The van der Waals surface area contributed by atoms with Crippen molar-refractivity contribution in [3.8, 4) is 11.8 Å². The fourth-order valence-electron chi connectivity index (χ4n) is 2.64. The molecule has 0 aromatic rings. The van der Waals surface area contributed by atoms with Gasteiger partial charge in [0.2, 0.25) is 5.91 Å². The van der Waals surface area contributed by atoms with Crippen LogP contribution in [0.2, 0.25) is 0 Å². The van der Waals surface area contributed by atoms with Gasteiger partial charge in [0.1, 0.15) is 0 Å². The molecular weight excluding hydrogens is 224 g/mol. The van der Waals surface area contributed by atoms with Crippen LogP contribution in [0.3, 0.4) is 0 Å². The third-order valence-electron chi connectivity index (χ3n) is 3.93. The second kappa shape index (κ2) is 5.75. The van der Waals surface area contributed by atoms with Gasteiger partial charge < -0.3 is 4.90 Å². The van der Waals surface area contributed by atoms with Gasteiger partial charge in [-0.25, -0.2) is 0 Å². The van der Waals surface area contributed by atoms with Gasteiger partial charge >= 0.3 is 0 Å². The first-order valence-corrected chi connectivity index (χ1v) is 7.07. The first-order valence-electron chi connectivity index (χ1n) is 7.07. The first-order chi connectivity index (χ1) is 8.56. The maximum atomic E-state index is 11.1. The molecule has 1 amide bonds. The lowest BCUT2D eigenvalue weighted by atomic mass is 9.94. The Morgan fingerprint density at radius 2 is 1.83 bits per heavy atom. The van der Waals surface area contributed by atoms with E-state index < -0.39 is 0 Å². The van der Waals surface area contributed by atoms with E-state index in [2.05, 4.69) is 30.6 Å². The van der Waals surface area contributed by atoms with E-state index >= 15 is 0 Å². The van der Waals surface area contributed by atoms with E-state index in [1.54, 1.807) is 6.92 Å². The summed E-state index contributed by atoms with van der Waals surface area (Å²) in [5.41, 5.74) is 0. The maximum absolute atomic E-state index is 11.1. The summed E-state index contributed by atoms with van der Waals surface area (Å²) < 4.78 is 0. The average molecular weight is 248 g/mol. The van der Waals surface area contributed by atoms with Gasteiger partial charge in [0.15, 0.2) is 0 Å². The molecule has 2 heterocycles. The smallest absolute Gasteiger partial charge is 0.219 e. The zero-order valence-corrected chi connectivity index (χ0v) is 11.8. The van der Waals surface area contributed by atoms with Crippen LogP contribution in [0.4, 0.5) is 0 Å². The number of likely N-dealkylation sites (tertiary alicyclic amines) is 2. The van der Waals surface area contributed by atoms with E-state index in [1.807, 2.05) is 4.90 Å². The highest BCUT2D eigenvalue weighted by atomic mass is 16.2. The summed E-state index contributed by atoms with van der Waals surface area (Å²) in [5, 5.41) is 0. The summed E-state index contributed by atoms with van der Waals surface area (Å²) in [4.78, 5) is 15.6. The lowest BCUT2D eigenvalue weighted by Crippen LogP contribution is -2.61. The number of hydrogen-bond acceptors (Lipinski definition) is 2. The predicted octanol–water partition coefficient (Wildman–Crippen LogP) is 1.59. The molecule has 0 atom stereocenters. The van der Waals surface area contributed by atoms with E-state index in [9.17, 15) is 4.79 Å². The Morgan fingerprint density at radius 3 is 2.33 bits per heavy atom. The van der Waals surface area contributed by atoms with Crippen molar-refractivity contribution in [3.63, 3.8) is 0 Å². The molecule has 2 saturated heterocycles. The minimum Gasteiger partial charge on any atom is -0.340 e. The molecule has 2 aliphatic heterocycles. The molecule has 0 unspecified atom stereocenters. The van der Waals surface area contributed by atoms with E-state index in [-0.39, 0.29) is 5.91 Å². The predicted molar refractivity (Wildman–Crippen MR) is 73.0 cm³/mol. The fourth-order valence-corrected chi connectivity index (χ4v) is 2.64. The lowest BCUT2D eigenvalue weighted by molar-refractivity contribution is -0.136. The van der Waals surface area contributed by atoms with Crippen molar-refractivity contribution in [2.75, 3.05) is 26.2 Å². The summed E-state index contributed by atoms with van der Waals surface area (Å²) in [6.07, 6.45) is 2.38. The zero-order chi connectivity index (χ0) is 13.1. The normalized spacial score (nSPS) is 22.6. The van der Waals surface area contributed by atoms with Gasteiger partial charge in [-0.3, -0.25) is 9.69 Å². The lowest BCUT2D eigenvalue weighted by Gasteiger charge is -2.47.